The number of aliphatic hydroxyl groups is 1. The fraction of sp³-hybridized carbons (Fsp3) is 0.576. The molecule has 0 bridgehead atoms. The van der Waals surface area contributed by atoms with Crippen LogP contribution in [0, 0.1) is 0 Å². The van der Waals surface area contributed by atoms with Crippen molar-refractivity contribution in [1.29, 1.82) is 0 Å². The molecule has 2 aromatic carbocycles. The summed E-state index contributed by atoms with van der Waals surface area (Å²) in [5.41, 5.74) is 3.55. The molecule has 0 aliphatic carbocycles. The molecule has 0 radical (unpaired) electrons. The smallest absolute Gasteiger partial charge is 0.224 e. The van der Waals surface area contributed by atoms with E-state index in [2.05, 4.69) is 15.5 Å². The van der Waals surface area contributed by atoms with Gasteiger partial charge in [-0.3, -0.25) is 9.59 Å². The van der Waals surface area contributed by atoms with Gasteiger partial charge in [0.25, 0.3) is 0 Å². The highest BCUT2D eigenvalue weighted by molar-refractivity contribution is 5.90. The third-order valence-electron chi connectivity index (χ3n) is 8.43. The second kappa shape index (κ2) is 15.2. The first-order valence-corrected chi connectivity index (χ1v) is 15.6. The second-order valence-corrected chi connectivity index (χ2v) is 11.7. The maximum absolute atomic E-state index is 12.4. The highest BCUT2D eigenvalue weighted by atomic mass is 16.7. The van der Waals surface area contributed by atoms with Gasteiger partial charge < -0.3 is 39.6 Å². The van der Waals surface area contributed by atoms with Gasteiger partial charge in [-0.15, -0.1) is 0 Å². The van der Waals surface area contributed by atoms with E-state index in [1.807, 2.05) is 48.5 Å². The van der Waals surface area contributed by atoms with E-state index in [9.17, 15) is 14.7 Å². The number of nitrogens with zero attached hydrogens (tertiary/aromatic N) is 1. The standard InChI is InChI=1S/C33H45N3O7/c1-24(38)34-16-4-2-3-5-31(39)35-28-12-10-27(11-13-28)32-42-29(21-30(43-32)26-8-6-25(23-37)7-9-26)22-36-17-14-33(15-18-36)40-19-20-41-33/h6-13,29-30,32,37H,2-5,14-23H2,1H3,(H,34,38)(H,35,39). The van der Waals surface area contributed by atoms with Crippen molar-refractivity contribution in [2.45, 2.75) is 82.8 Å². The van der Waals surface area contributed by atoms with Crippen LogP contribution in [0.4, 0.5) is 5.69 Å². The molecular weight excluding hydrogens is 550 g/mol. The lowest BCUT2D eigenvalue weighted by atomic mass is 9.98. The van der Waals surface area contributed by atoms with Gasteiger partial charge in [0, 0.05) is 70.0 Å². The molecule has 5 rings (SSSR count). The van der Waals surface area contributed by atoms with Gasteiger partial charge >= 0.3 is 0 Å². The number of carbonyl (C=O) groups is 2. The highest BCUT2D eigenvalue weighted by Gasteiger charge is 2.41. The Bertz CT molecular complexity index is 1170. The third-order valence-corrected chi connectivity index (χ3v) is 8.43. The van der Waals surface area contributed by atoms with Crippen molar-refractivity contribution in [3.63, 3.8) is 0 Å². The molecule has 3 heterocycles. The van der Waals surface area contributed by atoms with E-state index in [1.165, 1.54) is 6.92 Å². The van der Waals surface area contributed by atoms with E-state index < -0.39 is 12.1 Å². The summed E-state index contributed by atoms with van der Waals surface area (Å²) >= 11 is 0. The van der Waals surface area contributed by atoms with Crippen molar-refractivity contribution < 1.29 is 33.6 Å². The first-order valence-electron chi connectivity index (χ1n) is 15.6. The largest absolute Gasteiger partial charge is 0.392 e. The predicted molar refractivity (Wildman–Crippen MR) is 161 cm³/mol. The van der Waals surface area contributed by atoms with Gasteiger partial charge in [0.1, 0.15) is 0 Å². The van der Waals surface area contributed by atoms with Gasteiger partial charge in [-0.1, -0.05) is 42.8 Å². The van der Waals surface area contributed by atoms with E-state index >= 15 is 0 Å². The van der Waals surface area contributed by atoms with Crippen molar-refractivity contribution in [2.75, 3.05) is 44.7 Å². The van der Waals surface area contributed by atoms with Gasteiger partial charge in [0.05, 0.1) is 32.0 Å². The predicted octanol–water partition coefficient (Wildman–Crippen LogP) is 4.20. The zero-order valence-electron chi connectivity index (χ0n) is 25.1. The van der Waals surface area contributed by atoms with Crippen LogP contribution in [-0.2, 0) is 35.1 Å². The summed E-state index contributed by atoms with van der Waals surface area (Å²) in [5.74, 6) is -0.462. The second-order valence-electron chi connectivity index (χ2n) is 11.7. The van der Waals surface area contributed by atoms with Crippen molar-refractivity contribution in [2.24, 2.45) is 0 Å². The number of anilines is 1. The van der Waals surface area contributed by atoms with Crippen LogP contribution >= 0.6 is 0 Å². The number of ether oxygens (including phenoxy) is 4. The number of piperidine rings is 1. The Balaban J connectivity index is 1.18. The fourth-order valence-electron chi connectivity index (χ4n) is 5.98. The summed E-state index contributed by atoms with van der Waals surface area (Å²) in [5, 5.41) is 15.2. The summed E-state index contributed by atoms with van der Waals surface area (Å²) in [4.78, 5) is 25.8. The minimum atomic E-state index is -0.549. The normalized spacial score (nSPS) is 23.7. The van der Waals surface area contributed by atoms with Gasteiger partial charge in [-0.25, -0.2) is 0 Å². The summed E-state index contributed by atoms with van der Waals surface area (Å²) in [6.45, 7) is 6.07. The maximum Gasteiger partial charge on any atom is 0.224 e. The Morgan fingerprint density at radius 3 is 2.30 bits per heavy atom. The topological polar surface area (TPSA) is 119 Å². The molecule has 3 unspecified atom stereocenters. The van der Waals surface area contributed by atoms with Crippen molar-refractivity contribution in [3.8, 4) is 0 Å². The average molecular weight is 596 g/mol. The number of unbranched alkanes of at least 4 members (excludes halogenated alkanes) is 2. The van der Waals surface area contributed by atoms with Crippen LogP contribution in [0.2, 0.25) is 0 Å². The molecule has 3 N–H and O–H groups in total. The number of rotatable bonds is 12. The van der Waals surface area contributed by atoms with E-state index in [-0.39, 0.29) is 30.6 Å². The van der Waals surface area contributed by atoms with Crippen molar-refractivity contribution in [1.82, 2.24) is 10.2 Å². The molecule has 3 atom stereocenters. The van der Waals surface area contributed by atoms with Crippen molar-refractivity contribution >= 4 is 17.5 Å². The minimum Gasteiger partial charge on any atom is -0.392 e. The first-order chi connectivity index (χ1) is 20.9. The van der Waals surface area contributed by atoms with E-state index in [0.29, 0.717) is 26.2 Å². The zero-order chi connectivity index (χ0) is 30.1. The summed E-state index contributed by atoms with van der Waals surface area (Å²) in [6.07, 6.45) is 4.65. The number of likely N-dealkylation sites (tertiary alicyclic amines) is 1. The third kappa shape index (κ3) is 9.07. The van der Waals surface area contributed by atoms with Crippen LogP contribution in [0.1, 0.15) is 81.0 Å². The number of amides is 2. The number of hydrogen-bond donors (Lipinski definition) is 3. The SMILES string of the molecule is CC(=O)NCCCCCC(=O)Nc1ccc(C2OC(CN3CCC4(CC3)OCCO4)CC(c3ccc(CO)cc3)O2)cc1. The molecule has 1 spiro atoms. The Morgan fingerprint density at radius 2 is 1.63 bits per heavy atom. The molecule has 0 aromatic heterocycles. The molecule has 2 aromatic rings. The molecule has 3 aliphatic heterocycles. The van der Waals surface area contributed by atoms with Crippen molar-refractivity contribution in [3.05, 3.63) is 65.2 Å². The summed E-state index contributed by atoms with van der Waals surface area (Å²) in [7, 11) is 0. The Morgan fingerprint density at radius 1 is 0.930 bits per heavy atom. The minimum absolute atomic E-state index is 0.00549. The molecule has 2 amide bonds. The van der Waals surface area contributed by atoms with Crippen LogP contribution < -0.4 is 10.6 Å². The number of nitrogens with one attached hydrogen (secondary N) is 2. The van der Waals surface area contributed by atoms with Gasteiger partial charge in [-0.2, -0.15) is 0 Å². The quantitative estimate of drug-likeness (QED) is 0.313. The van der Waals surface area contributed by atoms with Crippen LogP contribution in [0.25, 0.3) is 0 Å². The number of benzene rings is 2. The first kappa shape index (κ1) is 31.6. The Kier molecular flexibility index (Phi) is 11.2. The molecular formula is C33H45N3O7. The van der Waals surface area contributed by atoms with Gasteiger partial charge in [0.2, 0.25) is 11.8 Å². The Hall–Kier alpha value is -2.86. The van der Waals surface area contributed by atoms with Gasteiger partial charge in [-0.05, 0) is 36.1 Å². The van der Waals surface area contributed by atoms with Crippen LogP contribution in [0.5, 0.6) is 0 Å². The monoisotopic (exact) mass is 595 g/mol. The van der Waals surface area contributed by atoms with E-state index in [4.69, 9.17) is 18.9 Å². The van der Waals surface area contributed by atoms with Crippen LogP contribution in [0.15, 0.2) is 48.5 Å². The molecule has 3 fully saturated rings. The number of aliphatic hydroxyl groups excluding tert-OH is 1. The average Bonchev–Trinajstić information content (AvgIpc) is 3.48. The number of hydrogen-bond acceptors (Lipinski definition) is 8. The molecule has 10 heteroatoms. The molecule has 0 saturated carbocycles. The van der Waals surface area contributed by atoms with Gasteiger partial charge in [0.15, 0.2) is 12.1 Å². The summed E-state index contributed by atoms with van der Waals surface area (Å²) in [6, 6.07) is 15.6. The summed E-state index contributed by atoms with van der Waals surface area (Å²) < 4.78 is 24.8. The molecule has 234 valence electrons. The van der Waals surface area contributed by atoms with Crippen LogP contribution in [-0.4, -0.2) is 73.1 Å². The maximum atomic E-state index is 12.4. The van der Waals surface area contributed by atoms with E-state index in [0.717, 1.165) is 80.5 Å². The molecule has 3 saturated heterocycles. The highest BCUT2D eigenvalue weighted by Crippen LogP contribution is 2.39. The molecule has 43 heavy (non-hydrogen) atoms. The van der Waals surface area contributed by atoms with E-state index in [1.54, 1.807) is 0 Å². The Labute approximate surface area is 254 Å². The molecule has 10 nitrogen and oxygen atoms in total. The lowest BCUT2D eigenvalue weighted by Gasteiger charge is -2.41. The van der Waals surface area contributed by atoms with Crippen LogP contribution in [0.3, 0.4) is 0 Å². The number of carbonyl (C=O) groups excluding carboxylic acids is 2. The molecule has 3 aliphatic rings. The fourth-order valence-corrected chi connectivity index (χ4v) is 5.98. The zero-order valence-corrected chi connectivity index (χ0v) is 25.1. The lowest BCUT2D eigenvalue weighted by molar-refractivity contribution is -0.255. The lowest BCUT2D eigenvalue weighted by Crippen LogP contribution is -2.48.